The van der Waals surface area contributed by atoms with Crippen molar-refractivity contribution in [2.45, 2.75) is 25.7 Å². The predicted molar refractivity (Wildman–Crippen MR) is 128 cm³/mol. The number of carbonyl (C=O) groups is 1. The number of aryl methyl sites for hydroxylation is 3. The molecule has 0 fully saturated rings. The minimum Gasteiger partial charge on any atom is -0.454 e. The summed E-state index contributed by atoms with van der Waals surface area (Å²) in [5.41, 5.74) is 4.11. The first-order chi connectivity index (χ1) is 15.7. The highest BCUT2D eigenvalue weighted by Gasteiger charge is 2.19. The lowest BCUT2D eigenvalue weighted by Gasteiger charge is -2.14. The fourth-order valence-corrected chi connectivity index (χ4v) is 4.87. The quantitative estimate of drug-likeness (QED) is 0.512. The van der Waals surface area contributed by atoms with Gasteiger partial charge in [0.15, 0.2) is 11.5 Å². The summed E-state index contributed by atoms with van der Waals surface area (Å²) in [5, 5.41) is 2.71. The van der Waals surface area contributed by atoms with Gasteiger partial charge in [-0.3, -0.25) is 9.52 Å². The SMILES string of the molecule is Cc1ccc(NS(=O)(=O)c2cc(NC(=O)C=Cc3ccc4c(c3)OCO4)ccc2C)c(C)c1. The lowest BCUT2D eigenvalue weighted by Crippen LogP contribution is -2.16. The van der Waals surface area contributed by atoms with Crippen molar-refractivity contribution in [3.8, 4) is 11.5 Å². The molecule has 0 aliphatic carbocycles. The molecule has 0 bridgehead atoms. The summed E-state index contributed by atoms with van der Waals surface area (Å²) in [4.78, 5) is 12.5. The number of hydrogen-bond donors (Lipinski definition) is 2. The Morgan fingerprint density at radius 1 is 0.909 bits per heavy atom. The van der Waals surface area contributed by atoms with Crippen molar-refractivity contribution in [2.75, 3.05) is 16.8 Å². The first-order valence-corrected chi connectivity index (χ1v) is 11.8. The normalized spacial score (nSPS) is 12.7. The van der Waals surface area contributed by atoms with Crippen LogP contribution in [0.2, 0.25) is 0 Å². The van der Waals surface area contributed by atoms with Gasteiger partial charge in [0.1, 0.15) is 0 Å². The van der Waals surface area contributed by atoms with E-state index in [4.69, 9.17) is 9.47 Å². The highest BCUT2D eigenvalue weighted by molar-refractivity contribution is 7.92. The van der Waals surface area contributed by atoms with Crippen molar-refractivity contribution in [1.82, 2.24) is 0 Å². The summed E-state index contributed by atoms with van der Waals surface area (Å²) in [7, 11) is -3.84. The number of nitrogens with one attached hydrogen (secondary N) is 2. The molecule has 0 atom stereocenters. The average molecular weight is 465 g/mol. The van der Waals surface area contributed by atoms with Crippen molar-refractivity contribution in [2.24, 2.45) is 0 Å². The smallest absolute Gasteiger partial charge is 0.262 e. The Balaban J connectivity index is 1.50. The van der Waals surface area contributed by atoms with E-state index in [0.717, 1.165) is 16.7 Å². The molecule has 0 aromatic heterocycles. The molecular formula is C25H24N2O5S. The zero-order chi connectivity index (χ0) is 23.6. The molecule has 8 heteroatoms. The summed E-state index contributed by atoms with van der Waals surface area (Å²) in [6.45, 7) is 5.69. The fourth-order valence-electron chi connectivity index (χ4n) is 3.47. The predicted octanol–water partition coefficient (Wildman–Crippen LogP) is 4.79. The van der Waals surface area contributed by atoms with Crippen LogP contribution in [-0.4, -0.2) is 21.1 Å². The van der Waals surface area contributed by atoms with Crippen molar-refractivity contribution in [1.29, 1.82) is 0 Å². The molecule has 0 radical (unpaired) electrons. The van der Waals surface area contributed by atoms with E-state index >= 15 is 0 Å². The summed E-state index contributed by atoms with van der Waals surface area (Å²) >= 11 is 0. The highest BCUT2D eigenvalue weighted by atomic mass is 32.2. The summed E-state index contributed by atoms with van der Waals surface area (Å²) < 4.78 is 39.3. The Hall–Kier alpha value is -3.78. The van der Waals surface area contributed by atoms with Crippen LogP contribution in [0.25, 0.3) is 6.08 Å². The minimum absolute atomic E-state index is 0.0972. The molecule has 4 rings (SSSR count). The van der Waals surface area contributed by atoms with Gasteiger partial charge in [0.2, 0.25) is 12.7 Å². The third kappa shape index (κ3) is 5.18. The van der Waals surface area contributed by atoms with Crippen LogP contribution in [0.1, 0.15) is 22.3 Å². The minimum atomic E-state index is -3.84. The van der Waals surface area contributed by atoms with Crippen molar-refractivity contribution < 1.29 is 22.7 Å². The third-order valence-corrected chi connectivity index (χ3v) is 6.70. The second kappa shape index (κ2) is 8.99. The van der Waals surface area contributed by atoms with Crippen LogP contribution in [-0.2, 0) is 14.8 Å². The maximum Gasteiger partial charge on any atom is 0.262 e. The Morgan fingerprint density at radius 3 is 2.48 bits per heavy atom. The molecule has 2 N–H and O–H groups in total. The number of anilines is 2. The number of hydrogen-bond acceptors (Lipinski definition) is 5. The molecule has 33 heavy (non-hydrogen) atoms. The van der Waals surface area contributed by atoms with Gasteiger partial charge in [-0.2, -0.15) is 0 Å². The Bertz CT molecular complexity index is 1360. The maximum atomic E-state index is 13.0. The molecule has 1 amide bonds. The molecule has 170 valence electrons. The van der Waals surface area contributed by atoms with Crippen molar-refractivity contribution >= 4 is 33.4 Å². The van der Waals surface area contributed by atoms with Crippen LogP contribution in [0.15, 0.2) is 65.6 Å². The van der Waals surface area contributed by atoms with Crippen molar-refractivity contribution in [3.05, 3.63) is 82.9 Å². The molecule has 1 aliphatic heterocycles. The number of sulfonamides is 1. The third-order valence-electron chi connectivity index (χ3n) is 5.20. The van der Waals surface area contributed by atoms with Crippen LogP contribution >= 0.6 is 0 Å². The highest BCUT2D eigenvalue weighted by Crippen LogP contribution is 2.32. The largest absolute Gasteiger partial charge is 0.454 e. The molecule has 0 saturated heterocycles. The maximum absolute atomic E-state index is 13.0. The lowest BCUT2D eigenvalue weighted by atomic mass is 10.1. The molecule has 7 nitrogen and oxygen atoms in total. The standard InChI is InChI=1S/C25H24N2O5S/c1-16-4-9-21(18(3)12-16)27-33(29,30)24-14-20(8-5-17(24)2)26-25(28)11-7-19-6-10-22-23(13-19)32-15-31-22/h4-14,27H,15H2,1-3H3,(H,26,28). The molecule has 1 heterocycles. The lowest BCUT2D eigenvalue weighted by molar-refractivity contribution is -0.111. The van der Waals surface area contributed by atoms with E-state index in [1.165, 1.54) is 12.1 Å². The monoisotopic (exact) mass is 464 g/mol. The zero-order valence-electron chi connectivity index (χ0n) is 18.5. The number of fused-ring (bicyclic) bond motifs is 1. The van der Waals surface area contributed by atoms with Gasteiger partial charge in [0.05, 0.1) is 10.6 Å². The van der Waals surface area contributed by atoms with Gasteiger partial charge >= 0.3 is 0 Å². The van der Waals surface area contributed by atoms with Crippen LogP contribution in [0, 0.1) is 20.8 Å². The summed E-state index contributed by atoms with van der Waals surface area (Å²) in [6.07, 6.45) is 3.02. The second-order valence-corrected chi connectivity index (χ2v) is 9.49. The molecule has 3 aromatic rings. The van der Waals surface area contributed by atoms with Gasteiger partial charge in [-0.15, -0.1) is 0 Å². The van der Waals surface area contributed by atoms with Gasteiger partial charge in [-0.1, -0.05) is 29.8 Å². The van der Waals surface area contributed by atoms with Gasteiger partial charge < -0.3 is 14.8 Å². The topological polar surface area (TPSA) is 93.7 Å². The van der Waals surface area contributed by atoms with E-state index in [9.17, 15) is 13.2 Å². The molecule has 1 aliphatic rings. The molecule has 0 saturated carbocycles. The first kappa shape index (κ1) is 22.4. The summed E-state index contributed by atoms with van der Waals surface area (Å²) in [5.74, 6) is 0.906. The number of amides is 1. The van der Waals surface area contributed by atoms with E-state index in [2.05, 4.69) is 10.0 Å². The molecule has 0 unspecified atom stereocenters. The average Bonchev–Trinajstić information content (AvgIpc) is 3.23. The van der Waals surface area contributed by atoms with E-state index < -0.39 is 10.0 Å². The Kier molecular flexibility index (Phi) is 6.11. The van der Waals surface area contributed by atoms with Crippen LogP contribution in [0.3, 0.4) is 0 Å². The zero-order valence-corrected chi connectivity index (χ0v) is 19.3. The van der Waals surface area contributed by atoms with Gasteiger partial charge in [-0.25, -0.2) is 8.42 Å². The van der Waals surface area contributed by atoms with E-state index in [-0.39, 0.29) is 17.6 Å². The van der Waals surface area contributed by atoms with Crippen LogP contribution in [0.5, 0.6) is 11.5 Å². The number of benzene rings is 3. The van der Waals surface area contributed by atoms with Crippen LogP contribution < -0.4 is 19.5 Å². The molecule has 0 spiro atoms. The Labute approximate surface area is 193 Å². The van der Waals surface area contributed by atoms with E-state index in [1.54, 1.807) is 43.3 Å². The second-order valence-electron chi connectivity index (χ2n) is 7.84. The van der Waals surface area contributed by atoms with Crippen LogP contribution in [0.4, 0.5) is 11.4 Å². The van der Waals surface area contributed by atoms with Gasteiger partial charge in [0, 0.05) is 11.8 Å². The summed E-state index contributed by atoms with van der Waals surface area (Å²) in [6, 6.07) is 15.6. The number of rotatable bonds is 6. The van der Waals surface area contributed by atoms with Gasteiger partial charge in [-0.05, 0) is 73.9 Å². The number of carbonyl (C=O) groups excluding carboxylic acids is 1. The van der Waals surface area contributed by atoms with Gasteiger partial charge in [0.25, 0.3) is 10.0 Å². The first-order valence-electron chi connectivity index (χ1n) is 10.3. The van der Waals surface area contributed by atoms with Crippen molar-refractivity contribution in [3.63, 3.8) is 0 Å². The molecular weight excluding hydrogens is 440 g/mol. The van der Waals surface area contributed by atoms with E-state index in [1.807, 2.05) is 32.0 Å². The molecule has 3 aromatic carbocycles. The fraction of sp³-hybridized carbons (Fsp3) is 0.160. The Morgan fingerprint density at radius 2 is 1.70 bits per heavy atom. The number of ether oxygens (including phenoxy) is 2. The van der Waals surface area contributed by atoms with E-state index in [0.29, 0.717) is 28.4 Å².